The van der Waals surface area contributed by atoms with Crippen molar-refractivity contribution in [2.75, 3.05) is 13.2 Å². The van der Waals surface area contributed by atoms with Gasteiger partial charge >= 0.3 is 0 Å². The lowest BCUT2D eigenvalue weighted by atomic mass is 9.86. The zero-order valence-corrected chi connectivity index (χ0v) is 12.7. The number of rotatable bonds is 3. The number of nitrogens with one attached hydrogen (secondary N) is 1. The first kappa shape index (κ1) is 14.6. The van der Waals surface area contributed by atoms with Gasteiger partial charge in [-0.05, 0) is 54.1 Å². The molecule has 1 heterocycles. The summed E-state index contributed by atoms with van der Waals surface area (Å²) in [5.41, 5.74) is 3.73. The van der Waals surface area contributed by atoms with E-state index in [0.29, 0.717) is 12.0 Å². The van der Waals surface area contributed by atoms with Crippen LogP contribution in [-0.2, 0) is 0 Å². The number of benzene rings is 2. The molecule has 1 saturated heterocycles. The van der Waals surface area contributed by atoms with E-state index in [1.54, 1.807) is 0 Å². The molecule has 3 heteroatoms. The second-order valence-corrected chi connectivity index (χ2v) is 6.11. The lowest BCUT2D eigenvalue weighted by Crippen LogP contribution is -2.33. The van der Waals surface area contributed by atoms with Crippen molar-refractivity contribution in [1.82, 2.24) is 5.32 Å². The Morgan fingerprint density at radius 3 is 2.62 bits per heavy atom. The van der Waals surface area contributed by atoms with Crippen LogP contribution in [0.1, 0.15) is 24.4 Å². The Bertz CT molecular complexity index is 596. The van der Waals surface area contributed by atoms with Crippen LogP contribution in [0.3, 0.4) is 0 Å². The highest BCUT2D eigenvalue weighted by Gasteiger charge is 2.24. The van der Waals surface area contributed by atoms with E-state index in [1.165, 1.54) is 16.7 Å². The van der Waals surface area contributed by atoms with Gasteiger partial charge in [-0.2, -0.15) is 0 Å². The quantitative estimate of drug-likeness (QED) is 0.897. The van der Waals surface area contributed by atoms with Crippen LogP contribution in [0.2, 0.25) is 5.02 Å². The van der Waals surface area contributed by atoms with E-state index in [-0.39, 0.29) is 6.61 Å². The fourth-order valence-electron chi connectivity index (χ4n) is 3.09. The molecule has 0 radical (unpaired) electrons. The third-order valence-corrected chi connectivity index (χ3v) is 4.51. The molecule has 2 aromatic rings. The van der Waals surface area contributed by atoms with Crippen LogP contribution in [0, 0.1) is 5.92 Å². The van der Waals surface area contributed by atoms with Crippen LogP contribution in [-0.4, -0.2) is 18.3 Å². The smallest absolute Gasteiger partial charge is 0.0460 e. The summed E-state index contributed by atoms with van der Waals surface area (Å²) in [6.45, 7) is 1.24. The minimum atomic E-state index is 0.279. The van der Waals surface area contributed by atoms with Gasteiger partial charge in [0.15, 0.2) is 0 Å². The number of aliphatic hydroxyl groups is 1. The summed E-state index contributed by atoms with van der Waals surface area (Å²) in [5.74, 6) is 0.398. The van der Waals surface area contributed by atoms with Crippen molar-refractivity contribution >= 4 is 11.6 Å². The van der Waals surface area contributed by atoms with Gasteiger partial charge in [0.2, 0.25) is 0 Å². The monoisotopic (exact) mass is 301 g/mol. The molecule has 0 bridgehead atoms. The van der Waals surface area contributed by atoms with Gasteiger partial charge in [0.1, 0.15) is 0 Å². The van der Waals surface area contributed by atoms with Gasteiger partial charge in [-0.1, -0.05) is 48.0 Å². The van der Waals surface area contributed by atoms with Crippen LogP contribution in [0.5, 0.6) is 0 Å². The second-order valence-electron chi connectivity index (χ2n) is 5.67. The summed E-state index contributed by atoms with van der Waals surface area (Å²) in [7, 11) is 0. The van der Waals surface area contributed by atoms with Gasteiger partial charge in [0.25, 0.3) is 0 Å². The number of piperidine rings is 1. The van der Waals surface area contributed by atoms with Gasteiger partial charge in [-0.3, -0.25) is 0 Å². The molecule has 110 valence electrons. The molecule has 1 fully saturated rings. The molecule has 2 N–H and O–H groups in total. The topological polar surface area (TPSA) is 32.3 Å². The zero-order chi connectivity index (χ0) is 14.7. The third-order valence-electron chi connectivity index (χ3n) is 4.26. The summed E-state index contributed by atoms with van der Waals surface area (Å²) in [4.78, 5) is 0. The molecule has 1 aliphatic rings. The summed E-state index contributed by atoms with van der Waals surface area (Å²) in [6.07, 6.45) is 2.04. The zero-order valence-electron chi connectivity index (χ0n) is 11.9. The fourth-order valence-corrected chi connectivity index (χ4v) is 3.22. The maximum absolute atomic E-state index is 9.43. The third kappa shape index (κ3) is 3.29. The van der Waals surface area contributed by atoms with Crippen molar-refractivity contribution in [3.63, 3.8) is 0 Å². The van der Waals surface area contributed by atoms with Crippen LogP contribution in [0.15, 0.2) is 48.5 Å². The molecular formula is C18H20ClNO. The first-order valence-corrected chi connectivity index (χ1v) is 7.85. The Labute approximate surface area is 130 Å². The molecule has 2 nitrogen and oxygen atoms in total. The van der Waals surface area contributed by atoms with E-state index in [9.17, 15) is 5.11 Å². The number of halogens is 1. The minimum Gasteiger partial charge on any atom is -0.396 e. The maximum atomic E-state index is 9.43. The molecule has 3 rings (SSSR count). The van der Waals surface area contributed by atoms with Crippen molar-refractivity contribution in [3.05, 3.63) is 59.1 Å². The maximum Gasteiger partial charge on any atom is 0.0460 e. The van der Waals surface area contributed by atoms with Crippen LogP contribution in [0.25, 0.3) is 11.1 Å². The van der Waals surface area contributed by atoms with E-state index >= 15 is 0 Å². The summed E-state index contributed by atoms with van der Waals surface area (Å²) in [6, 6.07) is 16.8. The van der Waals surface area contributed by atoms with Crippen molar-refractivity contribution in [2.45, 2.75) is 18.9 Å². The van der Waals surface area contributed by atoms with Crippen molar-refractivity contribution in [1.29, 1.82) is 0 Å². The summed E-state index contributed by atoms with van der Waals surface area (Å²) < 4.78 is 0. The molecule has 0 spiro atoms. The summed E-state index contributed by atoms with van der Waals surface area (Å²) >= 11 is 5.99. The van der Waals surface area contributed by atoms with E-state index in [4.69, 9.17) is 11.6 Å². The minimum absolute atomic E-state index is 0.279. The first-order chi connectivity index (χ1) is 10.3. The highest BCUT2D eigenvalue weighted by atomic mass is 35.5. The van der Waals surface area contributed by atoms with Gasteiger partial charge < -0.3 is 10.4 Å². The van der Waals surface area contributed by atoms with Crippen molar-refractivity contribution in [3.8, 4) is 11.1 Å². The predicted molar refractivity (Wildman–Crippen MR) is 87.4 cm³/mol. The normalized spacial score (nSPS) is 22.2. The van der Waals surface area contributed by atoms with Crippen LogP contribution >= 0.6 is 11.6 Å². The molecule has 2 atom stereocenters. The molecule has 1 aliphatic heterocycles. The second kappa shape index (κ2) is 6.61. The Hall–Kier alpha value is -1.35. The van der Waals surface area contributed by atoms with Crippen molar-refractivity contribution < 1.29 is 5.11 Å². The van der Waals surface area contributed by atoms with E-state index in [0.717, 1.165) is 24.4 Å². The van der Waals surface area contributed by atoms with Gasteiger partial charge in [-0.15, -0.1) is 0 Å². The predicted octanol–water partition coefficient (Wildman–Crippen LogP) is 4.04. The molecule has 0 saturated carbocycles. The lowest BCUT2D eigenvalue weighted by Gasteiger charge is -2.31. The van der Waals surface area contributed by atoms with Crippen LogP contribution in [0.4, 0.5) is 0 Å². The van der Waals surface area contributed by atoms with E-state index in [1.807, 2.05) is 12.1 Å². The lowest BCUT2D eigenvalue weighted by molar-refractivity contribution is 0.176. The van der Waals surface area contributed by atoms with Gasteiger partial charge in [-0.25, -0.2) is 0 Å². The Morgan fingerprint density at radius 2 is 1.86 bits per heavy atom. The average molecular weight is 302 g/mol. The average Bonchev–Trinajstić information content (AvgIpc) is 2.56. The Morgan fingerprint density at radius 1 is 1.10 bits per heavy atom. The molecule has 21 heavy (non-hydrogen) atoms. The van der Waals surface area contributed by atoms with E-state index in [2.05, 4.69) is 41.7 Å². The highest BCUT2D eigenvalue weighted by Crippen LogP contribution is 2.34. The standard InChI is InChI=1S/C18H20ClNO/c19-15-7-5-14(6-8-15)16-3-1-2-4-17(16)18-11-13(12-21)9-10-20-18/h1-8,13,18,20-21H,9-12H2. The molecule has 2 unspecified atom stereocenters. The number of hydrogen-bond donors (Lipinski definition) is 2. The SMILES string of the molecule is OCC1CCNC(c2ccccc2-c2ccc(Cl)cc2)C1. The molecule has 0 aromatic heterocycles. The largest absolute Gasteiger partial charge is 0.396 e. The fraction of sp³-hybridized carbons (Fsp3) is 0.333. The summed E-state index contributed by atoms with van der Waals surface area (Å²) in [5, 5.41) is 13.8. The van der Waals surface area contributed by atoms with Crippen LogP contribution < -0.4 is 5.32 Å². The van der Waals surface area contributed by atoms with Gasteiger partial charge in [0.05, 0.1) is 0 Å². The van der Waals surface area contributed by atoms with Crippen molar-refractivity contribution in [2.24, 2.45) is 5.92 Å². The molecule has 2 aromatic carbocycles. The molecule has 0 amide bonds. The molecule has 0 aliphatic carbocycles. The van der Waals surface area contributed by atoms with E-state index < -0.39 is 0 Å². The highest BCUT2D eigenvalue weighted by molar-refractivity contribution is 6.30. The molecular weight excluding hydrogens is 282 g/mol. The number of hydrogen-bond acceptors (Lipinski definition) is 2. The van der Waals surface area contributed by atoms with Gasteiger partial charge in [0, 0.05) is 17.7 Å². The Kier molecular flexibility index (Phi) is 4.59. The number of aliphatic hydroxyl groups excluding tert-OH is 1. The Balaban J connectivity index is 1.94. The first-order valence-electron chi connectivity index (χ1n) is 7.47.